The van der Waals surface area contributed by atoms with Crippen molar-refractivity contribution in [1.29, 1.82) is 0 Å². The van der Waals surface area contributed by atoms with Crippen LogP contribution in [0, 0.1) is 5.92 Å². The predicted octanol–water partition coefficient (Wildman–Crippen LogP) is 2.60. The van der Waals surface area contributed by atoms with Gasteiger partial charge in [0.25, 0.3) is 0 Å². The minimum Gasteiger partial charge on any atom is -0.455 e. The molecule has 1 aromatic heterocycles. The van der Waals surface area contributed by atoms with Crippen molar-refractivity contribution in [3.05, 3.63) is 54.4 Å². The van der Waals surface area contributed by atoms with Crippen LogP contribution in [0.4, 0.5) is 0 Å². The maximum atomic E-state index is 6.09. The summed E-state index contributed by atoms with van der Waals surface area (Å²) >= 11 is 0. The zero-order valence-corrected chi connectivity index (χ0v) is 11.4. The SMILES string of the molecule is c1ccc(C(Oc2ncccn2)C2CCNCC2)cc1. The van der Waals surface area contributed by atoms with Crippen LogP contribution in [0.5, 0.6) is 6.01 Å². The van der Waals surface area contributed by atoms with Crippen LogP contribution in [0.25, 0.3) is 0 Å². The van der Waals surface area contributed by atoms with E-state index in [1.54, 1.807) is 18.5 Å². The molecule has 1 atom stereocenters. The van der Waals surface area contributed by atoms with Gasteiger partial charge in [-0.05, 0) is 37.6 Å². The van der Waals surface area contributed by atoms with Crippen molar-refractivity contribution >= 4 is 0 Å². The zero-order valence-electron chi connectivity index (χ0n) is 11.4. The lowest BCUT2D eigenvalue weighted by molar-refractivity contribution is 0.102. The van der Waals surface area contributed by atoms with Crippen molar-refractivity contribution in [3.8, 4) is 6.01 Å². The number of ether oxygens (including phenoxy) is 1. The molecule has 1 aliphatic heterocycles. The van der Waals surface area contributed by atoms with E-state index in [1.165, 1.54) is 5.56 Å². The normalized spacial score (nSPS) is 17.6. The highest BCUT2D eigenvalue weighted by Gasteiger charge is 2.27. The number of nitrogens with one attached hydrogen (secondary N) is 1. The Labute approximate surface area is 119 Å². The minimum atomic E-state index is 0.0284. The molecule has 1 saturated heterocycles. The highest BCUT2D eigenvalue weighted by atomic mass is 16.5. The van der Waals surface area contributed by atoms with E-state index in [0.717, 1.165) is 25.9 Å². The van der Waals surface area contributed by atoms with E-state index in [0.29, 0.717) is 11.9 Å². The van der Waals surface area contributed by atoms with E-state index in [-0.39, 0.29) is 6.10 Å². The van der Waals surface area contributed by atoms with Crippen LogP contribution in [0.15, 0.2) is 48.8 Å². The van der Waals surface area contributed by atoms with Gasteiger partial charge in [-0.25, -0.2) is 9.97 Å². The Balaban J connectivity index is 1.83. The molecule has 104 valence electrons. The van der Waals surface area contributed by atoms with E-state index >= 15 is 0 Å². The molecule has 20 heavy (non-hydrogen) atoms. The van der Waals surface area contributed by atoms with Crippen molar-refractivity contribution in [2.45, 2.75) is 18.9 Å². The number of hydrogen-bond acceptors (Lipinski definition) is 4. The van der Waals surface area contributed by atoms with Gasteiger partial charge in [0.05, 0.1) is 0 Å². The van der Waals surface area contributed by atoms with Crippen molar-refractivity contribution in [1.82, 2.24) is 15.3 Å². The molecule has 0 radical (unpaired) electrons. The smallest absolute Gasteiger partial charge is 0.316 e. The third-order valence-electron chi connectivity index (χ3n) is 3.71. The zero-order chi connectivity index (χ0) is 13.6. The van der Waals surface area contributed by atoms with Gasteiger partial charge in [-0.3, -0.25) is 0 Å². The molecule has 0 spiro atoms. The molecule has 1 aromatic carbocycles. The second-order valence-electron chi connectivity index (χ2n) is 5.07. The molecule has 2 heterocycles. The standard InChI is InChI=1S/C16H19N3O/c1-2-5-13(6-3-1)15(14-7-11-17-12-8-14)20-16-18-9-4-10-19-16/h1-6,9-10,14-15,17H,7-8,11-12H2. The van der Waals surface area contributed by atoms with E-state index in [1.807, 2.05) is 6.07 Å². The highest BCUT2D eigenvalue weighted by molar-refractivity contribution is 5.19. The number of aromatic nitrogens is 2. The second kappa shape index (κ2) is 6.48. The summed E-state index contributed by atoms with van der Waals surface area (Å²) in [5, 5.41) is 3.40. The molecule has 1 aliphatic rings. The monoisotopic (exact) mass is 269 g/mol. The fourth-order valence-electron chi connectivity index (χ4n) is 2.69. The van der Waals surface area contributed by atoms with Gasteiger partial charge in [0.1, 0.15) is 6.10 Å². The minimum absolute atomic E-state index is 0.0284. The molecule has 0 bridgehead atoms. The summed E-state index contributed by atoms with van der Waals surface area (Å²) in [5.74, 6) is 0.502. The first-order chi connectivity index (χ1) is 9.93. The van der Waals surface area contributed by atoms with Gasteiger partial charge >= 0.3 is 6.01 Å². The summed E-state index contributed by atoms with van der Waals surface area (Å²) < 4.78 is 6.09. The molecule has 2 aromatic rings. The molecule has 0 aliphatic carbocycles. The Kier molecular flexibility index (Phi) is 4.23. The number of hydrogen-bond donors (Lipinski definition) is 1. The maximum absolute atomic E-state index is 6.09. The number of piperidine rings is 1. The van der Waals surface area contributed by atoms with Gasteiger partial charge in [0.15, 0.2) is 0 Å². The largest absolute Gasteiger partial charge is 0.455 e. The first kappa shape index (κ1) is 13.1. The van der Waals surface area contributed by atoms with E-state index in [2.05, 4.69) is 39.6 Å². The highest BCUT2D eigenvalue weighted by Crippen LogP contribution is 2.32. The molecule has 3 rings (SSSR count). The van der Waals surface area contributed by atoms with Crippen LogP contribution < -0.4 is 10.1 Å². The average molecular weight is 269 g/mol. The topological polar surface area (TPSA) is 47.0 Å². The fraction of sp³-hybridized carbons (Fsp3) is 0.375. The van der Waals surface area contributed by atoms with E-state index in [9.17, 15) is 0 Å². The third-order valence-corrected chi connectivity index (χ3v) is 3.71. The predicted molar refractivity (Wildman–Crippen MR) is 77.4 cm³/mol. The van der Waals surface area contributed by atoms with Gasteiger partial charge in [0, 0.05) is 18.3 Å². The molecule has 1 fully saturated rings. The molecule has 4 nitrogen and oxygen atoms in total. The van der Waals surface area contributed by atoms with Gasteiger partial charge in [-0.2, -0.15) is 0 Å². The van der Waals surface area contributed by atoms with Crippen molar-refractivity contribution < 1.29 is 4.74 Å². The number of benzene rings is 1. The first-order valence-electron chi connectivity index (χ1n) is 7.13. The summed E-state index contributed by atoms with van der Waals surface area (Å²) in [6, 6.07) is 12.6. The molecule has 4 heteroatoms. The van der Waals surface area contributed by atoms with Crippen LogP contribution in [-0.2, 0) is 0 Å². The molecule has 1 N–H and O–H groups in total. The third kappa shape index (κ3) is 3.14. The summed E-state index contributed by atoms with van der Waals surface area (Å²) in [5.41, 5.74) is 1.20. The lowest BCUT2D eigenvalue weighted by Crippen LogP contribution is -2.32. The Morgan fingerprint density at radius 3 is 2.40 bits per heavy atom. The Bertz CT molecular complexity index is 512. The Morgan fingerprint density at radius 1 is 1.00 bits per heavy atom. The van der Waals surface area contributed by atoms with Crippen molar-refractivity contribution in [2.75, 3.05) is 13.1 Å². The van der Waals surface area contributed by atoms with Crippen molar-refractivity contribution in [2.24, 2.45) is 5.92 Å². The average Bonchev–Trinajstić information content (AvgIpc) is 2.55. The van der Waals surface area contributed by atoms with Gasteiger partial charge in [-0.1, -0.05) is 30.3 Å². The molecular weight excluding hydrogens is 250 g/mol. The Morgan fingerprint density at radius 2 is 1.70 bits per heavy atom. The Hall–Kier alpha value is -1.94. The lowest BCUT2D eigenvalue weighted by atomic mass is 9.88. The van der Waals surface area contributed by atoms with Crippen LogP contribution in [0.3, 0.4) is 0 Å². The quantitative estimate of drug-likeness (QED) is 0.926. The number of rotatable bonds is 4. The van der Waals surface area contributed by atoms with Crippen LogP contribution >= 0.6 is 0 Å². The second-order valence-corrected chi connectivity index (χ2v) is 5.07. The van der Waals surface area contributed by atoms with Crippen LogP contribution in [0.1, 0.15) is 24.5 Å². The molecule has 1 unspecified atom stereocenters. The maximum Gasteiger partial charge on any atom is 0.316 e. The summed E-state index contributed by atoms with van der Waals surface area (Å²) in [6.45, 7) is 2.10. The number of nitrogens with zero attached hydrogens (tertiary/aromatic N) is 2. The van der Waals surface area contributed by atoms with E-state index in [4.69, 9.17) is 4.74 Å². The summed E-state index contributed by atoms with van der Waals surface area (Å²) in [4.78, 5) is 8.38. The summed E-state index contributed by atoms with van der Waals surface area (Å²) in [7, 11) is 0. The van der Waals surface area contributed by atoms with Gasteiger partial charge in [-0.15, -0.1) is 0 Å². The fourth-order valence-corrected chi connectivity index (χ4v) is 2.69. The molecular formula is C16H19N3O. The molecule has 0 saturated carbocycles. The van der Waals surface area contributed by atoms with Crippen molar-refractivity contribution in [3.63, 3.8) is 0 Å². The molecule has 0 amide bonds. The lowest BCUT2D eigenvalue weighted by Gasteiger charge is -2.30. The summed E-state index contributed by atoms with van der Waals surface area (Å²) in [6.07, 6.45) is 5.69. The van der Waals surface area contributed by atoms with Gasteiger partial charge in [0.2, 0.25) is 0 Å². The first-order valence-corrected chi connectivity index (χ1v) is 7.13. The van der Waals surface area contributed by atoms with Crippen LogP contribution in [0.2, 0.25) is 0 Å². The van der Waals surface area contributed by atoms with Crippen LogP contribution in [-0.4, -0.2) is 23.1 Å². The van der Waals surface area contributed by atoms with Gasteiger partial charge < -0.3 is 10.1 Å². The van der Waals surface area contributed by atoms with E-state index < -0.39 is 0 Å².